The van der Waals surface area contributed by atoms with E-state index in [1.165, 1.54) is 6.21 Å². The lowest BCUT2D eigenvalue weighted by Crippen LogP contribution is -2.17. The Bertz CT molecular complexity index is 538. The summed E-state index contributed by atoms with van der Waals surface area (Å²) in [5.41, 5.74) is 4.35. The van der Waals surface area contributed by atoms with E-state index in [9.17, 15) is 4.79 Å². The van der Waals surface area contributed by atoms with Gasteiger partial charge >= 0.3 is 0 Å². The standard InChI is InChI=1S/C15H15N3O/c19-15(10-9-13-6-2-1-3-7-13)18-17-12-14-8-4-5-11-16-14/h1-8,11-12H,9-10H2,(H,18,19). The number of hydrogen-bond donors (Lipinski definition) is 1. The highest BCUT2D eigenvalue weighted by atomic mass is 16.2. The van der Waals surface area contributed by atoms with Gasteiger partial charge in [0.1, 0.15) is 0 Å². The molecule has 2 rings (SSSR count). The third-order valence-corrected chi connectivity index (χ3v) is 2.56. The topological polar surface area (TPSA) is 54.4 Å². The van der Waals surface area contributed by atoms with Crippen LogP contribution in [-0.4, -0.2) is 17.1 Å². The molecule has 0 spiro atoms. The van der Waals surface area contributed by atoms with Crippen LogP contribution < -0.4 is 5.43 Å². The summed E-state index contributed by atoms with van der Waals surface area (Å²) in [7, 11) is 0. The van der Waals surface area contributed by atoms with Gasteiger partial charge in [-0.3, -0.25) is 9.78 Å². The fourth-order valence-corrected chi connectivity index (χ4v) is 1.58. The second-order valence-corrected chi connectivity index (χ2v) is 4.03. The molecule has 0 radical (unpaired) electrons. The molecular weight excluding hydrogens is 238 g/mol. The Morgan fingerprint density at radius 2 is 1.95 bits per heavy atom. The fraction of sp³-hybridized carbons (Fsp3) is 0.133. The SMILES string of the molecule is O=C(CCc1ccccc1)NN=Cc1ccccn1. The first-order valence-corrected chi connectivity index (χ1v) is 6.11. The fourth-order valence-electron chi connectivity index (χ4n) is 1.58. The van der Waals surface area contributed by atoms with Crippen LogP contribution in [0.15, 0.2) is 59.8 Å². The van der Waals surface area contributed by atoms with E-state index in [0.717, 1.165) is 5.56 Å². The zero-order chi connectivity index (χ0) is 13.3. The molecule has 1 N–H and O–H groups in total. The third-order valence-electron chi connectivity index (χ3n) is 2.56. The van der Waals surface area contributed by atoms with Gasteiger partial charge in [0, 0.05) is 12.6 Å². The van der Waals surface area contributed by atoms with Gasteiger partial charge in [0.2, 0.25) is 5.91 Å². The Balaban J connectivity index is 1.75. The summed E-state index contributed by atoms with van der Waals surface area (Å²) in [6.07, 6.45) is 4.34. The van der Waals surface area contributed by atoms with Gasteiger partial charge in [-0.05, 0) is 24.1 Å². The summed E-state index contributed by atoms with van der Waals surface area (Å²) < 4.78 is 0. The van der Waals surface area contributed by atoms with Gasteiger partial charge in [-0.1, -0.05) is 36.4 Å². The van der Waals surface area contributed by atoms with E-state index in [1.54, 1.807) is 6.20 Å². The van der Waals surface area contributed by atoms with Crippen LogP contribution in [-0.2, 0) is 11.2 Å². The Labute approximate surface area is 112 Å². The maximum atomic E-state index is 11.6. The molecule has 19 heavy (non-hydrogen) atoms. The monoisotopic (exact) mass is 253 g/mol. The predicted molar refractivity (Wildman–Crippen MR) is 74.7 cm³/mol. The minimum absolute atomic E-state index is 0.101. The number of nitrogens with one attached hydrogen (secondary N) is 1. The Hall–Kier alpha value is -2.49. The van der Waals surface area contributed by atoms with Crippen molar-refractivity contribution < 1.29 is 4.79 Å². The predicted octanol–water partition coefficient (Wildman–Crippen LogP) is 2.16. The van der Waals surface area contributed by atoms with Crippen LogP contribution >= 0.6 is 0 Å². The van der Waals surface area contributed by atoms with Crippen molar-refractivity contribution in [3.05, 3.63) is 66.0 Å². The van der Waals surface area contributed by atoms with Crippen molar-refractivity contribution >= 4 is 12.1 Å². The average molecular weight is 253 g/mol. The van der Waals surface area contributed by atoms with Crippen LogP contribution in [0.25, 0.3) is 0 Å². The second-order valence-electron chi connectivity index (χ2n) is 4.03. The number of carbonyl (C=O) groups excluding carboxylic acids is 1. The smallest absolute Gasteiger partial charge is 0.240 e. The molecule has 0 unspecified atom stereocenters. The highest BCUT2D eigenvalue weighted by molar-refractivity contribution is 5.80. The number of rotatable bonds is 5. The molecule has 0 bridgehead atoms. The first kappa shape index (κ1) is 13.0. The van der Waals surface area contributed by atoms with E-state index < -0.39 is 0 Å². The molecule has 4 nitrogen and oxygen atoms in total. The van der Waals surface area contributed by atoms with E-state index >= 15 is 0 Å². The lowest BCUT2D eigenvalue weighted by molar-refractivity contribution is -0.121. The molecule has 0 saturated carbocycles. The minimum atomic E-state index is -0.101. The minimum Gasteiger partial charge on any atom is -0.273 e. The zero-order valence-corrected chi connectivity index (χ0v) is 10.5. The number of pyridine rings is 1. The summed E-state index contributed by atoms with van der Waals surface area (Å²) in [4.78, 5) is 15.6. The molecular formula is C15H15N3O. The first-order chi connectivity index (χ1) is 9.34. The van der Waals surface area contributed by atoms with Crippen LogP contribution in [0, 0.1) is 0 Å². The summed E-state index contributed by atoms with van der Waals surface area (Å²) in [6.45, 7) is 0. The third kappa shape index (κ3) is 4.71. The second kappa shape index (κ2) is 7.06. The van der Waals surface area contributed by atoms with Gasteiger partial charge in [-0.15, -0.1) is 0 Å². The maximum Gasteiger partial charge on any atom is 0.240 e. The highest BCUT2D eigenvalue weighted by Crippen LogP contribution is 2.01. The summed E-state index contributed by atoms with van der Waals surface area (Å²) in [5, 5.41) is 3.87. The number of amides is 1. The molecule has 0 atom stereocenters. The van der Waals surface area contributed by atoms with E-state index in [-0.39, 0.29) is 5.91 Å². The maximum absolute atomic E-state index is 11.6. The summed E-state index contributed by atoms with van der Waals surface area (Å²) in [5.74, 6) is -0.101. The molecule has 96 valence electrons. The van der Waals surface area contributed by atoms with Crippen LogP contribution in [0.3, 0.4) is 0 Å². The molecule has 0 saturated heterocycles. The largest absolute Gasteiger partial charge is 0.273 e. The first-order valence-electron chi connectivity index (χ1n) is 6.11. The molecule has 2 aromatic rings. The van der Waals surface area contributed by atoms with E-state index in [1.807, 2.05) is 48.5 Å². The number of carbonyl (C=O) groups is 1. The number of nitrogens with zero attached hydrogens (tertiary/aromatic N) is 2. The van der Waals surface area contributed by atoms with Crippen LogP contribution in [0.4, 0.5) is 0 Å². The van der Waals surface area contributed by atoms with Crippen molar-refractivity contribution in [2.24, 2.45) is 5.10 Å². The lowest BCUT2D eigenvalue weighted by Gasteiger charge is -2.00. The quantitative estimate of drug-likeness (QED) is 0.655. The van der Waals surface area contributed by atoms with Crippen molar-refractivity contribution in [1.29, 1.82) is 0 Å². The number of aromatic nitrogens is 1. The van der Waals surface area contributed by atoms with Crippen molar-refractivity contribution in [1.82, 2.24) is 10.4 Å². The molecule has 0 fully saturated rings. The summed E-state index contributed by atoms with van der Waals surface area (Å²) in [6, 6.07) is 15.4. The Morgan fingerprint density at radius 1 is 1.16 bits per heavy atom. The van der Waals surface area contributed by atoms with E-state index in [4.69, 9.17) is 0 Å². The molecule has 1 aromatic heterocycles. The van der Waals surface area contributed by atoms with Gasteiger partial charge in [-0.2, -0.15) is 5.10 Å². The summed E-state index contributed by atoms with van der Waals surface area (Å²) >= 11 is 0. The normalized spacial score (nSPS) is 10.5. The zero-order valence-electron chi connectivity index (χ0n) is 10.5. The Morgan fingerprint density at radius 3 is 2.68 bits per heavy atom. The van der Waals surface area contributed by atoms with E-state index in [0.29, 0.717) is 18.5 Å². The van der Waals surface area contributed by atoms with Crippen LogP contribution in [0.5, 0.6) is 0 Å². The van der Waals surface area contributed by atoms with E-state index in [2.05, 4.69) is 15.5 Å². The Kier molecular flexibility index (Phi) is 4.81. The molecule has 1 amide bonds. The number of benzene rings is 1. The number of hydrazone groups is 1. The average Bonchev–Trinajstić information content (AvgIpc) is 2.47. The van der Waals surface area contributed by atoms with Gasteiger partial charge in [0.15, 0.2) is 0 Å². The van der Waals surface area contributed by atoms with Gasteiger partial charge < -0.3 is 0 Å². The molecule has 1 aromatic carbocycles. The van der Waals surface area contributed by atoms with Crippen molar-refractivity contribution in [2.45, 2.75) is 12.8 Å². The van der Waals surface area contributed by atoms with Crippen molar-refractivity contribution in [2.75, 3.05) is 0 Å². The highest BCUT2D eigenvalue weighted by Gasteiger charge is 2.00. The molecule has 0 aliphatic carbocycles. The lowest BCUT2D eigenvalue weighted by atomic mass is 10.1. The van der Waals surface area contributed by atoms with Gasteiger partial charge in [0.05, 0.1) is 11.9 Å². The van der Waals surface area contributed by atoms with Crippen LogP contribution in [0.2, 0.25) is 0 Å². The number of hydrogen-bond acceptors (Lipinski definition) is 3. The molecule has 4 heteroatoms. The van der Waals surface area contributed by atoms with Crippen molar-refractivity contribution in [3.63, 3.8) is 0 Å². The number of aryl methyl sites for hydroxylation is 1. The molecule has 0 aliphatic heterocycles. The molecule has 0 aliphatic rings. The van der Waals surface area contributed by atoms with Gasteiger partial charge in [-0.25, -0.2) is 5.43 Å². The molecule has 1 heterocycles. The van der Waals surface area contributed by atoms with Gasteiger partial charge in [0.25, 0.3) is 0 Å². The van der Waals surface area contributed by atoms with Crippen molar-refractivity contribution in [3.8, 4) is 0 Å². The van der Waals surface area contributed by atoms with Crippen LogP contribution in [0.1, 0.15) is 17.7 Å².